The van der Waals surface area contributed by atoms with Gasteiger partial charge in [0.2, 0.25) is 0 Å². The number of rotatable bonds is 6. The van der Waals surface area contributed by atoms with E-state index in [1.54, 1.807) is 0 Å². The van der Waals surface area contributed by atoms with Crippen molar-refractivity contribution in [3.05, 3.63) is 0 Å². The van der Waals surface area contributed by atoms with Crippen LogP contribution in [0, 0.1) is 0 Å². The van der Waals surface area contributed by atoms with Gasteiger partial charge in [-0.3, -0.25) is 4.90 Å². The van der Waals surface area contributed by atoms with Gasteiger partial charge in [0, 0.05) is 32.2 Å². The molecule has 0 aromatic rings. The van der Waals surface area contributed by atoms with E-state index in [0.717, 1.165) is 19.6 Å². The van der Waals surface area contributed by atoms with Crippen molar-refractivity contribution in [3.8, 4) is 0 Å². The molecule has 0 aliphatic carbocycles. The molecule has 1 N–H and O–H groups in total. The van der Waals surface area contributed by atoms with Crippen LogP contribution in [0.2, 0.25) is 0 Å². The average Bonchev–Trinajstić information content (AvgIpc) is 2.59. The summed E-state index contributed by atoms with van der Waals surface area (Å²) in [6.45, 7) is 9.15. The number of ether oxygens (including phenoxy) is 1. The lowest BCUT2D eigenvalue weighted by atomic mass is 10.2. The van der Waals surface area contributed by atoms with E-state index in [0.29, 0.717) is 18.2 Å². The normalized spacial score (nSPS) is 31.9. The van der Waals surface area contributed by atoms with Crippen molar-refractivity contribution in [1.29, 1.82) is 0 Å². The number of fused-ring (bicyclic) bond motifs is 2. The highest BCUT2D eigenvalue weighted by molar-refractivity contribution is 4.84. The van der Waals surface area contributed by atoms with Crippen LogP contribution in [0.4, 0.5) is 0 Å². The number of morpholine rings is 1. The summed E-state index contributed by atoms with van der Waals surface area (Å²) < 4.78 is 5.83. The summed E-state index contributed by atoms with van der Waals surface area (Å²) in [6.07, 6.45) is 6.19. The Morgan fingerprint density at radius 2 is 2.00 bits per heavy atom. The number of likely N-dealkylation sites (tertiary alicyclic amines) is 1. The van der Waals surface area contributed by atoms with Crippen molar-refractivity contribution in [1.82, 2.24) is 10.2 Å². The minimum Gasteiger partial charge on any atom is -0.372 e. The highest BCUT2D eigenvalue weighted by atomic mass is 16.5. The largest absolute Gasteiger partial charge is 0.372 e. The molecule has 2 aliphatic rings. The molecule has 2 heterocycles. The predicted octanol–water partition coefficient (Wildman–Crippen LogP) is 1.63. The molecule has 3 atom stereocenters. The van der Waals surface area contributed by atoms with Gasteiger partial charge in [0.15, 0.2) is 0 Å². The van der Waals surface area contributed by atoms with Crippen molar-refractivity contribution >= 4 is 0 Å². The fourth-order valence-electron chi connectivity index (χ4n) is 2.89. The maximum atomic E-state index is 5.83. The molecule has 2 rings (SSSR count). The highest BCUT2D eigenvalue weighted by Gasteiger charge is 2.33. The minimum atomic E-state index is 0.534. The van der Waals surface area contributed by atoms with E-state index in [4.69, 9.17) is 4.74 Å². The van der Waals surface area contributed by atoms with Gasteiger partial charge in [0.25, 0.3) is 0 Å². The second kappa shape index (κ2) is 5.99. The van der Waals surface area contributed by atoms with Crippen LogP contribution in [0.25, 0.3) is 0 Å². The molecule has 2 bridgehead atoms. The van der Waals surface area contributed by atoms with Gasteiger partial charge in [-0.2, -0.15) is 0 Å². The molecule has 2 fully saturated rings. The molecule has 2 saturated heterocycles. The van der Waals surface area contributed by atoms with Gasteiger partial charge < -0.3 is 10.1 Å². The maximum Gasteiger partial charge on any atom is 0.0707 e. The molecule has 0 saturated carbocycles. The molecule has 0 spiro atoms. The summed E-state index contributed by atoms with van der Waals surface area (Å²) >= 11 is 0. The van der Waals surface area contributed by atoms with Crippen LogP contribution < -0.4 is 5.32 Å². The Balaban J connectivity index is 1.60. The predicted molar refractivity (Wildman–Crippen MR) is 66.7 cm³/mol. The molecule has 0 aromatic heterocycles. The van der Waals surface area contributed by atoms with Crippen LogP contribution in [0.15, 0.2) is 0 Å². The van der Waals surface area contributed by atoms with E-state index in [-0.39, 0.29) is 0 Å². The zero-order valence-electron chi connectivity index (χ0n) is 10.7. The van der Waals surface area contributed by atoms with Crippen LogP contribution >= 0.6 is 0 Å². The lowest BCUT2D eigenvalue weighted by molar-refractivity contribution is -0.0377. The topological polar surface area (TPSA) is 24.5 Å². The van der Waals surface area contributed by atoms with Crippen LogP contribution in [0.1, 0.15) is 39.5 Å². The molecule has 3 unspecified atom stereocenters. The van der Waals surface area contributed by atoms with Gasteiger partial charge >= 0.3 is 0 Å². The van der Waals surface area contributed by atoms with E-state index >= 15 is 0 Å². The molecular weight excluding hydrogens is 200 g/mol. The van der Waals surface area contributed by atoms with Gasteiger partial charge in [-0.25, -0.2) is 0 Å². The van der Waals surface area contributed by atoms with Crippen molar-refractivity contribution in [3.63, 3.8) is 0 Å². The van der Waals surface area contributed by atoms with Crippen molar-refractivity contribution in [2.45, 2.75) is 57.8 Å². The van der Waals surface area contributed by atoms with Crippen LogP contribution in [-0.2, 0) is 4.74 Å². The second-order valence-electron chi connectivity index (χ2n) is 5.36. The first-order chi connectivity index (χ1) is 7.78. The molecule has 94 valence electrons. The third-order valence-corrected chi connectivity index (χ3v) is 3.76. The van der Waals surface area contributed by atoms with Gasteiger partial charge in [0.05, 0.1) is 12.2 Å². The zero-order chi connectivity index (χ0) is 11.4. The van der Waals surface area contributed by atoms with E-state index in [2.05, 4.69) is 24.1 Å². The third kappa shape index (κ3) is 3.44. The zero-order valence-corrected chi connectivity index (χ0v) is 10.7. The molecular formula is C13H26N2O. The van der Waals surface area contributed by atoms with Crippen molar-refractivity contribution in [2.24, 2.45) is 0 Å². The highest BCUT2D eigenvalue weighted by Crippen LogP contribution is 2.25. The summed E-state index contributed by atoms with van der Waals surface area (Å²) in [5.41, 5.74) is 0. The Bertz CT molecular complexity index is 198. The number of nitrogens with zero attached hydrogens (tertiary/aromatic N) is 1. The molecule has 0 radical (unpaired) electrons. The Kier molecular flexibility index (Phi) is 4.62. The van der Waals surface area contributed by atoms with Gasteiger partial charge in [-0.15, -0.1) is 0 Å². The van der Waals surface area contributed by atoms with E-state index in [9.17, 15) is 0 Å². The van der Waals surface area contributed by atoms with Gasteiger partial charge in [0.1, 0.15) is 0 Å². The quantitative estimate of drug-likeness (QED) is 0.745. The molecule has 0 amide bonds. The first-order valence-electron chi connectivity index (χ1n) is 6.89. The Labute approximate surface area is 99.5 Å². The van der Waals surface area contributed by atoms with Gasteiger partial charge in [-0.1, -0.05) is 13.3 Å². The fraction of sp³-hybridized carbons (Fsp3) is 1.00. The molecule has 0 aromatic carbocycles. The summed E-state index contributed by atoms with van der Waals surface area (Å²) in [7, 11) is 0. The lowest BCUT2D eigenvalue weighted by Gasteiger charge is -2.32. The minimum absolute atomic E-state index is 0.534. The first-order valence-corrected chi connectivity index (χ1v) is 6.89. The van der Waals surface area contributed by atoms with Crippen LogP contribution in [0.3, 0.4) is 0 Å². The summed E-state index contributed by atoms with van der Waals surface area (Å²) in [4.78, 5) is 2.57. The molecule has 2 aliphatic heterocycles. The van der Waals surface area contributed by atoms with Crippen molar-refractivity contribution in [2.75, 3.05) is 26.2 Å². The SMILES string of the molecule is CCCC(C)NCCN1CC2CCC(C1)O2. The standard InChI is InChI=1S/C13H26N2O/c1-3-4-11(2)14-7-8-15-9-12-5-6-13(10-15)16-12/h11-14H,3-10H2,1-2H3. The Morgan fingerprint density at radius 3 is 2.62 bits per heavy atom. The molecule has 16 heavy (non-hydrogen) atoms. The number of nitrogens with one attached hydrogen (secondary N) is 1. The van der Waals surface area contributed by atoms with Gasteiger partial charge in [-0.05, 0) is 26.2 Å². The van der Waals surface area contributed by atoms with Crippen molar-refractivity contribution < 1.29 is 4.74 Å². The lowest BCUT2D eigenvalue weighted by Crippen LogP contribution is -2.45. The van der Waals surface area contributed by atoms with Crippen LogP contribution in [-0.4, -0.2) is 49.3 Å². The Hall–Kier alpha value is -0.120. The third-order valence-electron chi connectivity index (χ3n) is 3.76. The Morgan fingerprint density at radius 1 is 1.31 bits per heavy atom. The number of hydrogen-bond acceptors (Lipinski definition) is 3. The fourth-order valence-corrected chi connectivity index (χ4v) is 2.89. The maximum absolute atomic E-state index is 5.83. The first kappa shape index (κ1) is 12.3. The average molecular weight is 226 g/mol. The molecule has 3 nitrogen and oxygen atoms in total. The van der Waals surface area contributed by atoms with E-state index < -0.39 is 0 Å². The summed E-state index contributed by atoms with van der Waals surface area (Å²) in [6, 6.07) is 0.669. The van der Waals surface area contributed by atoms with E-state index in [1.807, 2.05) is 0 Å². The second-order valence-corrected chi connectivity index (χ2v) is 5.36. The van der Waals surface area contributed by atoms with E-state index in [1.165, 1.54) is 32.2 Å². The summed E-state index contributed by atoms with van der Waals surface area (Å²) in [5.74, 6) is 0. The molecule has 3 heteroatoms. The van der Waals surface area contributed by atoms with Crippen LogP contribution in [0.5, 0.6) is 0 Å². The summed E-state index contributed by atoms with van der Waals surface area (Å²) in [5, 5.41) is 3.60. The number of hydrogen-bond donors (Lipinski definition) is 1. The monoisotopic (exact) mass is 226 g/mol. The smallest absolute Gasteiger partial charge is 0.0707 e.